The minimum Gasteiger partial charge on any atom is -0.352 e. The van der Waals surface area contributed by atoms with Crippen molar-refractivity contribution in [1.82, 2.24) is 20.1 Å². The van der Waals surface area contributed by atoms with Gasteiger partial charge in [-0.25, -0.2) is 4.98 Å². The second-order valence-corrected chi connectivity index (χ2v) is 4.88. The molecule has 0 spiro atoms. The molecule has 100 valence electrons. The van der Waals surface area contributed by atoms with Crippen molar-refractivity contribution in [2.45, 2.75) is 57.2 Å². The molecule has 0 bridgehead atoms. The van der Waals surface area contributed by atoms with Crippen molar-refractivity contribution in [2.24, 2.45) is 5.73 Å². The summed E-state index contributed by atoms with van der Waals surface area (Å²) in [6.07, 6.45) is 9.06. The quantitative estimate of drug-likeness (QED) is 0.760. The number of aromatic nitrogens is 3. The Morgan fingerprint density at radius 1 is 1.39 bits per heavy atom. The molecule has 1 heterocycles. The SMILES string of the molecule is NC1CCCCCC1NC(=O)CCn1cncn1. The van der Waals surface area contributed by atoms with Gasteiger partial charge < -0.3 is 11.1 Å². The molecule has 0 aliphatic heterocycles. The molecule has 0 radical (unpaired) electrons. The number of aryl methyl sites for hydroxylation is 1. The fourth-order valence-corrected chi connectivity index (χ4v) is 2.36. The first-order valence-electron chi connectivity index (χ1n) is 6.63. The summed E-state index contributed by atoms with van der Waals surface area (Å²) in [5, 5.41) is 7.01. The van der Waals surface area contributed by atoms with Crippen molar-refractivity contribution in [1.29, 1.82) is 0 Å². The zero-order chi connectivity index (χ0) is 12.8. The Hall–Kier alpha value is -1.43. The predicted molar refractivity (Wildman–Crippen MR) is 67.6 cm³/mol. The van der Waals surface area contributed by atoms with Crippen LogP contribution < -0.4 is 11.1 Å². The third kappa shape index (κ3) is 3.80. The highest BCUT2D eigenvalue weighted by molar-refractivity contribution is 5.76. The largest absolute Gasteiger partial charge is 0.352 e. The summed E-state index contributed by atoms with van der Waals surface area (Å²) in [5.41, 5.74) is 6.08. The first-order chi connectivity index (χ1) is 8.75. The molecular weight excluding hydrogens is 230 g/mol. The number of nitrogens with one attached hydrogen (secondary N) is 1. The molecule has 1 aromatic heterocycles. The molecule has 3 N–H and O–H groups in total. The molecule has 2 unspecified atom stereocenters. The lowest BCUT2D eigenvalue weighted by Crippen LogP contribution is -2.47. The molecule has 2 atom stereocenters. The van der Waals surface area contributed by atoms with Gasteiger partial charge in [-0.1, -0.05) is 19.3 Å². The van der Waals surface area contributed by atoms with Crippen molar-refractivity contribution in [3.63, 3.8) is 0 Å². The molecule has 0 saturated heterocycles. The number of nitrogens with two attached hydrogens (primary N) is 1. The van der Waals surface area contributed by atoms with E-state index in [-0.39, 0.29) is 18.0 Å². The maximum Gasteiger partial charge on any atom is 0.222 e. The predicted octanol–water partition coefficient (Wildman–Crippen LogP) is 0.444. The molecular formula is C12H21N5O. The van der Waals surface area contributed by atoms with Crippen LogP contribution in [0, 0.1) is 0 Å². The van der Waals surface area contributed by atoms with Gasteiger partial charge in [0.1, 0.15) is 12.7 Å². The molecule has 1 aliphatic carbocycles. The van der Waals surface area contributed by atoms with Crippen LogP contribution in [0.25, 0.3) is 0 Å². The number of carbonyl (C=O) groups excluding carboxylic acids is 1. The Labute approximate surface area is 107 Å². The first kappa shape index (κ1) is 13.0. The topological polar surface area (TPSA) is 85.8 Å². The average molecular weight is 251 g/mol. The average Bonchev–Trinajstić information content (AvgIpc) is 2.80. The minimum atomic E-state index is 0.0489. The smallest absolute Gasteiger partial charge is 0.222 e. The summed E-state index contributed by atoms with van der Waals surface area (Å²) in [5.74, 6) is 0.0489. The molecule has 0 aromatic carbocycles. The number of amides is 1. The maximum absolute atomic E-state index is 11.8. The maximum atomic E-state index is 11.8. The van der Waals surface area contributed by atoms with Crippen LogP contribution in [0.2, 0.25) is 0 Å². The third-order valence-corrected chi connectivity index (χ3v) is 3.45. The molecule has 1 saturated carbocycles. The van der Waals surface area contributed by atoms with Crippen LogP contribution in [-0.4, -0.2) is 32.8 Å². The van der Waals surface area contributed by atoms with E-state index in [0.717, 1.165) is 19.3 Å². The second kappa shape index (κ2) is 6.49. The van der Waals surface area contributed by atoms with E-state index in [4.69, 9.17) is 5.73 Å². The van der Waals surface area contributed by atoms with Crippen LogP contribution in [0.4, 0.5) is 0 Å². The second-order valence-electron chi connectivity index (χ2n) is 4.88. The van der Waals surface area contributed by atoms with Crippen molar-refractivity contribution in [2.75, 3.05) is 0 Å². The summed E-state index contributed by atoms with van der Waals surface area (Å²) >= 11 is 0. The third-order valence-electron chi connectivity index (χ3n) is 3.45. The zero-order valence-electron chi connectivity index (χ0n) is 10.6. The summed E-state index contributed by atoms with van der Waals surface area (Å²) in [7, 11) is 0. The fourth-order valence-electron chi connectivity index (χ4n) is 2.36. The monoisotopic (exact) mass is 251 g/mol. The van der Waals surface area contributed by atoms with Crippen LogP contribution in [-0.2, 0) is 11.3 Å². The summed E-state index contributed by atoms with van der Waals surface area (Å²) < 4.78 is 1.66. The van der Waals surface area contributed by atoms with E-state index < -0.39 is 0 Å². The molecule has 1 aromatic rings. The van der Waals surface area contributed by atoms with E-state index in [2.05, 4.69) is 15.4 Å². The van der Waals surface area contributed by atoms with Crippen LogP contribution in [0.3, 0.4) is 0 Å². The van der Waals surface area contributed by atoms with Crippen molar-refractivity contribution >= 4 is 5.91 Å². The highest BCUT2D eigenvalue weighted by atomic mass is 16.1. The van der Waals surface area contributed by atoms with E-state index in [0.29, 0.717) is 13.0 Å². The summed E-state index contributed by atoms with van der Waals surface area (Å²) in [6.45, 7) is 0.563. The standard InChI is InChI=1S/C12H21N5O/c13-10-4-2-1-3-5-11(10)16-12(18)6-7-17-9-14-8-15-17/h8-11H,1-7,13H2,(H,16,18). The highest BCUT2D eigenvalue weighted by Crippen LogP contribution is 2.16. The Morgan fingerprint density at radius 2 is 2.22 bits per heavy atom. The van der Waals surface area contributed by atoms with E-state index >= 15 is 0 Å². The lowest BCUT2D eigenvalue weighted by atomic mass is 10.0. The number of hydrogen-bond acceptors (Lipinski definition) is 4. The molecule has 1 aliphatic rings. The van der Waals surface area contributed by atoms with Crippen LogP contribution in [0.5, 0.6) is 0 Å². The number of hydrogen-bond donors (Lipinski definition) is 2. The Kier molecular flexibility index (Phi) is 4.69. The number of nitrogens with zero attached hydrogens (tertiary/aromatic N) is 3. The lowest BCUT2D eigenvalue weighted by molar-refractivity contribution is -0.122. The molecule has 6 heteroatoms. The molecule has 1 amide bonds. The Morgan fingerprint density at radius 3 is 3.00 bits per heavy atom. The lowest BCUT2D eigenvalue weighted by Gasteiger charge is -2.22. The van der Waals surface area contributed by atoms with Crippen molar-refractivity contribution in [3.05, 3.63) is 12.7 Å². The van der Waals surface area contributed by atoms with Crippen molar-refractivity contribution in [3.8, 4) is 0 Å². The highest BCUT2D eigenvalue weighted by Gasteiger charge is 2.21. The number of carbonyl (C=O) groups is 1. The van der Waals surface area contributed by atoms with Crippen LogP contribution >= 0.6 is 0 Å². The fraction of sp³-hybridized carbons (Fsp3) is 0.750. The van der Waals surface area contributed by atoms with E-state index in [1.54, 1.807) is 11.0 Å². The molecule has 2 rings (SSSR count). The Bertz CT molecular complexity index is 365. The van der Waals surface area contributed by atoms with Gasteiger partial charge in [0.2, 0.25) is 5.91 Å². The van der Waals surface area contributed by atoms with Gasteiger partial charge in [0, 0.05) is 18.5 Å². The Balaban J connectivity index is 1.75. The van der Waals surface area contributed by atoms with E-state index in [1.165, 1.54) is 19.2 Å². The van der Waals surface area contributed by atoms with Gasteiger partial charge in [0.05, 0.1) is 6.54 Å². The summed E-state index contributed by atoms with van der Waals surface area (Å²) in [6, 6.07) is 0.235. The van der Waals surface area contributed by atoms with Gasteiger partial charge in [0.25, 0.3) is 0 Å². The zero-order valence-corrected chi connectivity index (χ0v) is 10.6. The van der Waals surface area contributed by atoms with Crippen molar-refractivity contribution < 1.29 is 4.79 Å². The van der Waals surface area contributed by atoms with Gasteiger partial charge >= 0.3 is 0 Å². The van der Waals surface area contributed by atoms with Gasteiger partial charge in [0.15, 0.2) is 0 Å². The molecule has 1 fully saturated rings. The normalized spacial score (nSPS) is 24.5. The summed E-state index contributed by atoms with van der Waals surface area (Å²) in [4.78, 5) is 15.7. The number of rotatable bonds is 4. The molecule has 18 heavy (non-hydrogen) atoms. The van der Waals surface area contributed by atoms with Gasteiger partial charge in [-0.3, -0.25) is 9.48 Å². The van der Waals surface area contributed by atoms with Gasteiger partial charge in [-0.2, -0.15) is 5.10 Å². The van der Waals surface area contributed by atoms with E-state index in [1.807, 2.05) is 0 Å². The van der Waals surface area contributed by atoms with Crippen LogP contribution in [0.1, 0.15) is 38.5 Å². The first-order valence-corrected chi connectivity index (χ1v) is 6.63. The van der Waals surface area contributed by atoms with Gasteiger partial charge in [-0.05, 0) is 12.8 Å². The van der Waals surface area contributed by atoms with Crippen LogP contribution in [0.15, 0.2) is 12.7 Å². The minimum absolute atomic E-state index is 0.0489. The molecule has 6 nitrogen and oxygen atoms in total. The van der Waals surface area contributed by atoms with Gasteiger partial charge in [-0.15, -0.1) is 0 Å². The van der Waals surface area contributed by atoms with E-state index in [9.17, 15) is 4.79 Å².